The van der Waals surface area contributed by atoms with Crippen molar-refractivity contribution in [3.63, 3.8) is 0 Å². The van der Waals surface area contributed by atoms with Crippen LogP contribution >= 0.6 is 23.2 Å². The first-order chi connectivity index (χ1) is 13.2. The maximum atomic E-state index is 6.37. The molecule has 0 saturated carbocycles. The van der Waals surface area contributed by atoms with Gasteiger partial charge in [-0.2, -0.15) is 0 Å². The van der Waals surface area contributed by atoms with E-state index in [-0.39, 0.29) is 0 Å². The van der Waals surface area contributed by atoms with Gasteiger partial charge in [-0.15, -0.1) is 0 Å². The van der Waals surface area contributed by atoms with Crippen LogP contribution in [-0.4, -0.2) is 9.55 Å². The lowest BCUT2D eigenvalue weighted by Gasteiger charge is -2.08. The molecule has 0 amide bonds. The third-order valence-corrected chi connectivity index (χ3v) is 5.16. The number of para-hydroxylation sites is 1. The summed E-state index contributed by atoms with van der Waals surface area (Å²) in [5.74, 6) is 0. The largest absolute Gasteiger partial charge is 0.343 e. The zero-order valence-corrected chi connectivity index (χ0v) is 16.2. The van der Waals surface area contributed by atoms with Gasteiger partial charge in [-0.05, 0) is 41.5 Å². The van der Waals surface area contributed by atoms with E-state index in [9.17, 15) is 0 Å². The minimum Gasteiger partial charge on any atom is -0.343 e. The van der Waals surface area contributed by atoms with Crippen molar-refractivity contribution in [1.82, 2.24) is 14.9 Å². The summed E-state index contributed by atoms with van der Waals surface area (Å²) in [6.45, 7) is 2.22. The molecule has 3 nitrogen and oxygen atoms in total. The fourth-order valence-corrected chi connectivity index (χ4v) is 3.72. The van der Waals surface area contributed by atoms with E-state index >= 15 is 0 Å². The molecule has 4 rings (SSSR count). The number of pyridine rings is 1. The summed E-state index contributed by atoms with van der Waals surface area (Å²) in [6.07, 6.45) is 4.01. The maximum Gasteiger partial charge on any atom is 0.0541 e. The van der Waals surface area contributed by atoms with Crippen molar-refractivity contribution in [1.29, 1.82) is 0 Å². The van der Waals surface area contributed by atoms with Gasteiger partial charge < -0.3 is 9.88 Å². The van der Waals surface area contributed by atoms with E-state index in [1.807, 2.05) is 36.5 Å². The molecule has 0 atom stereocenters. The molecule has 0 radical (unpaired) electrons. The van der Waals surface area contributed by atoms with Gasteiger partial charge in [-0.25, -0.2) is 0 Å². The Hall–Kier alpha value is -2.33. The summed E-state index contributed by atoms with van der Waals surface area (Å²) in [5.41, 5.74) is 4.54. The summed E-state index contributed by atoms with van der Waals surface area (Å²) >= 11 is 12.4. The number of aromatic nitrogens is 2. The fourth-order valence-electron chi connectivity index (χ4n) is 3.26. The van der Waals surface area contributed by atoms with Crippen molar-refractivity contribution in [2.75, 3.05) is 0 Å². The summed E-state index contributed by atoms with van der Waals surface area (Å²) in [6, 6.07) is 20.1. The van der Waals surface area contributed by atoms with E-state index in [2.05, 4.69) is 45.3 Å². The highest BCUT2D eigenvalue weighted by molar-refractivity contribution is 6.35. The minimum atomic E-state index is 0.653. The number of hydrogen-bond acceptors (Lipinski definition) is 2. The quantitative estimate of drug-likeness (QED) is 0.454. The Balaban J connectivity index is 1.57. The predicted molar refractivity (Wildman–Crippen MR) is 112 cm³/mol. The average Bonchev–Trinajstić information content (AvgIpc) is 3.03. The van der Waals surface area contributed by atoms with E-state index in [1.54, 1.807) is 6.07 Å². The molecule has 136 valence electrons. The van der Waals surface area contributed by atoms with Gasteiger partial charge in [-0.1, -0.05) is 53.5 Å². The van der Waals surface area contributed by atoms with Gasteiger partial charge in [0.25, 0.3) is 0 Å². The van der Waals surface area contributed by atoms with Gasteiger partial charge >= 0.3 is 0 Å². The molecule has 0 spiro atoms. The van der Waals surface area contributed by atoms with Crippen molar-refractivity contribution < 1.29 is 0 Å². The number of halogens is 2. The Kier molecular flexibility index (Phi) is 5.44. The molecule has 0 unspecified atom stereocenters. The molecule has 0 bridgehead atoms. The van der Waals surface area contributed by atoms with Crippen LogP contribution in [0.5, 0.6) is 0 Å². The molecule has 1 N–H and O–H groups in total. The molecular weight excluding hydrogens is 377 g/mol. The predicted octanol–water partition coefficient (Wildman–Crippen LogP) is 5.68. The SMILES string of the molecule is Clc1ccc(Cn2cc(CNCc3ccccn3)c3ccccc32)c(Cl)c1. The molecule has 27 heavy (non-hydrogen) atoms. The molecule has 0 aliphatic rings. The normalized spacial score (nSPS) is 11.2. The highest BCUT2D eigenvalue weighted by Gasteiger charge is 2.10. The summed E-state index contributed by atoms with van der Waals surface area (Å²) in [4.78, 5) is 4.36. The van der Waals surface area contributed by atoms with Crippen molar-refractivity contribution in [2.45, 2.75) is 19.6 Å². The third kappa shape index (κ3) is 4.16. The van der Waals surface area contributed by atoms with Crippen LogP contribution in [0.2, 0.25) is 10.0 Å². The first kappa shape index (κ1) is 18.1. The van der Waals surface area contributed by atoms with Gasteiger partial charge in [0.15, 0.2) is 0 Å². The Bertz CT molecular complexity index is 1060. The number of nitrogens with one attached hydrogen (secondary N) is 1. The summed E-state index contributed by atoms with van der Waals surface area (Å²) < 4.78 is 2.24. The first-order valence-electron chi connectivity index (χ1n) is 8.82. The van der Waals surface area contributed by atoms with Crippen LogP contribution in [-0.2, 0) is 19.6 Å². The molecule has 0 saturated heterocycles. The molecule has 5 heteroatoms. The standard InChI is InChI=1S/C22H19Cl2N3/c23-18-9-8-16(21(24)11-18)14-27-15-17(20-6-1-2-7-22(20)27)12-25-13-19-5-3-4-10-26-19/h1-11,15,25H,12-14H2. The topological polar surface area (TPSA) is 29.9 Å². The molecule has 2 heterocycles. The second-order valence-electron chi connectivity index (χ2n) is 6.46. The number of hydrogen-bond donors (Lipinski definition) is 1. The van der Waals surface area contributed by atoms with Crippen LogP contribution < -0.4 is 5.32 Å². The molecule has 0 aliphatic carbocycles. The van der Waals surface area contributed by atoms with Crippen LogP contribution in [0.4, 0.5) is 0 Å². The number of fused-ring (bicyclic) bond motifs is 1. The van der Waals surface area contributed by atoms with Gasteiger partial charge in [0.2, 0.25) is 0 Å². The Labute approximate surface area is 168 Å². The minimum absolute atomic E-state index is 0.653. The number of benzene rings is 2. The van der Waals surface area contributed by atoms with Crippen molar-refractivity contribution in [2.24, 2.45) is 0 Å². The fraction of sp³-hybridized carbons (Fsp3) is 0.136. The lowest BCUT2D eigenvalue weighted by Crippen LogP contribution is -2.13. The van der Waals surface area contributed by atoms with Crippen molar-refractivity contribution in [3.05, 3.63) is 99.9 Å². The maximum absolute atomic E-state index is 6.37. The zero-order valence-electron chi connectivity index (χ0n) is 14.7. The van der Waals surface area contributed by atoms with Crippen LogP contribution in [0.3, 0.4) is 0 Å². The molecular formula is C22H19Cl2N3. The third-order valence-electron chi connectivity index (χ3n) is 4.57. The molecule has 0 aliphatic heterocycles. The van der Waals surface area contributed by atoms with Crippen LogP contribution in [0.15, 0.2) is 73.1 Å². The van der Waals surface area contributed by atoms with Crippen LogP contribution in [0, 0.1) is 0 Å². The summed E-state index contributed by atoms with van der Waals surface area (Å²) in [7, 11) is 0. The van der Waals surface area contributed by atoms with Crippen molar-refractivity contribution >= 4 is 34.1 Å². The van der Waals surface area contributed by atoms with E-state index in [0.717, 1.165) is 24.3 Å². The van der Waals surface area contributed by atoms with E-state index in [0.29, 0.717) is 16.6 Å². The van der Waals surface area contributed by atoms with Gasteiger partial charge in [0.1, 0.15) is 0 Å². The monoisotopic (exact) mass is 395 g/mol. The second kappa shape index (κ2) is 8.13. The van der Waals surface area contributed by atoms with Gasteiger partial charge in [0.05, 0.1) is 5.69 Å². The lowest BCUT2D eigenvalue weighted by molar-refractivity contribution is 0.679. The first-order valence-corrected chi connectivity index (χ1v) is 9.57. The van der Waals surface area contributed by atoms with Gasteiger partial charge in [0, 0.05) is 53.0 Å². The highest BCUT2D eigenvalue weighted by atomic mass is 35.5. The zero-order chi connectivity index (χ0) is 18.6. The van der Waals surface area contributed by atoms with Crippen LogP contribution in [0.1, 0.15) is 16.8 Å². The van der Waals surface area contributed by atoms with Crippen LogP contribution in [0.25, 0.3) is 10.9 Å². The molecule has 2 aromatic carbocycles. The molecule has 4 aromatic rings. The van der Waals surface area contributed by atoms with Crippen molar-refractivity contribution in [3.8, 4) is 0 Å². The van der Waals surface area contributed by atoms with E-state index < -0.39 is 0 Å². The highest BCUT2D eigenvalue weighted by Crippen LogP contribution is 2.26. The van der Waals surface area contributed by atoms with E-state index in [1.165, 1.54) is 16.5 Å². The average molecular weight is 396 g/mol. The Morgan fingerprint density at radius 3 is 2.56 bits per heavy atom. The molecule has 2 aromatic heterocycles. The second-order valence-corrected chi connectivity index (χ2v) is 7.30. The summed E-state index contributed by atoms with van der Waals surface area (Å²) in [5, 5.41) is 6.08. The lowest BCUT2D eigenvalue weighted by atomic mass is 10.2. The Morgan fingerprint density at radius 1 is 0.889 bits per heavy atom. The molecule has 0 fully saturated rings. The van der Waals surface area contributed by atoms with E-state index in [4.69, 9.17) is 23.2 Å². The number of rotatable bonds is 6. The number of nitrogens with zero attached hydrogens (tertiary/aromatic N) is 2. The smallest absolute Gasteiger partial charge is 0.0541 e. The Morgan fingerprint density at radius 2 is 1.74 bits per heavy atom. The van der Waals surface area contributed by atoms with Gasteiger partial charge in [-0.3, -0.25) is 4.98 Å².